The van der Waals surface area contributed by atoms with Gasteiger partial charge in [0, 0.05) is 16.4 Å². The van der Waals surface area contributed by atoms with E-state index in [4.69, 9.17) is 0 Å². The summed E-state index contributed by atoms with van der Waals surface area (Å²) >= 11 is 0. The first-order valence-corrected chi connectivity index (χ1v) is 12.8. The Balaban J connectivity index is 1.63. The highest BCUT2D eigenvalue weighted by atomic mass is 16.5. The highest BCUT2D eigenvalue weighted by Gasteiger charge is 2.67. The summed E-state index contributed by atoms with van der Waals surface area (Å²) in [5.41, 5.74) is 5.36. The molecule has 3 saturated carbocycles. The molecule has 3 fully saturated rings. The molecule has 0 spiro atoms. The third-order valence-electron chi connectivity index (χ3n) is 11.5. The van der Waals surface area contributed by atoms with Gasteiger partial charge in [0.1, 0.15) is 0 Å². The van der Waals surface area contributed by atoms with Crippen LogP contribution in [0.5, 0.6) is 0 Å². The van der Waals surface area contributed by atoms with Crippen LogP contribution in [0.2, 0.25) is 0 Å². The van der Waals surface area contributed by atoms with E-state index in [0.717, 1.165) is 56.1 Å². The second kappa shape index (κ2) is 6.96. The zero-order chi connectivity index (χ0) is 24.9. The number of hydrogen-bond donors (Lipinski definition) is 3. The molecule has 0 radical (unpaired) electrons. The number of allylic oxidation sites excluding steroid dienone is 7. The summed E-state index contributed by atoms with van der Waals surface area (Å²) in [5, 5.41) is 19.7. The van der Waals surface area contributed by atoms with Crippen molar-refractivity contribution in [3.63, 3.8) is 0 Å². The van der Waals surface area contributed by atoms with Gasteiger partial charge in [-0.1, -0.05) is 52.3 Å². The zero-order valence-corrected chi connectivity index (χ0v) is 21.5. The molecule has 1 amide bonds. The van der Waals surface area contributed by atoms with Crippen LogP contribution in [0.15, 0.2) is 46.3 Å². The molecule has 184 valence electrons. The zero-order valence-electron chi connectivity index (χ0n) is 21.5. The Kier molecular flexibility index (Phi) is 4.83. The standard InChI is InChI=1S/C29H39NO4/c1-17-18-7-8-21-27(4,19(18)15-20(31)23(17)32)12-14-29(6)22-16-26(3,24(33)30-34)10-9-25(22,2)11-13-28(21,29)5/h7-8,15,22,32,34H,9-14,16H2,1-6H3,(H,30,33)/t22-,25-,26-,27+,28-,29+/m1/s1. The van der Waals surface area contributed by atoms with Crippen LogP contribution in [0.1, 0.15) is 86.5 Å². The number of fused-ring (bicyclic) bond motifs is 7. The second-order valence-electron chi connectivity index (χ2n) is 13.1. The predicted molar refractivity (Wildman–Crippen MR) is 131 cm³/mol. The van der Waals surface area contributed by atoms with E-state index in [0.29, 0.717) is 11.5 Å². The van der Waals surface area contributed by atoms with Gasteiger partial charge in [-0.05, 0) is 91.3 Å². The highest BCUT2D eigenvalue weighted by molar-refractivity contribution is 6.06. The Labute approximate surface area is 203 Å². The Morgan fingerprint density at radius 3 is 2.35 bits per heavy atom. The smallest absolute Gasteiger partial charge is 0.249 e. The number of nitrogens with one attached hydrogen (secondary N) is 1. The molecule has 5 aliphatic carbocycles. The maximum atomic E-state index is 12.7. The summed E-state index contributed by atoms with van der Waals surface area (Å²) in [6.07, 6.45) is 12.8. The van der Waals surface area contributed by atoms with Crippen LogP contribution in [0.3, 0.4) is 0 Å². The molecule has 0 saturated heterocycles. The first-order valence-electron chi connectivity index (χ1n) is 12.8. The summed E-state index contributed by atoms with van der Waals surface area (Å²) in [7, 11) is 0. The number of amides is 1. The van der Waals surface area contributed by atoms with Gasteiger partial charge in [-0.2, -0.15) is 0 Å². The van der Waals surface area contributed by atoms with Crippen LogP contribution < -0.4 is 5.48 Å². The maximum absolute atomic E-state index is 12.7. The lowest BCUT2D eigenvalue weighted by Crippen LogP contribution is -2.62. The van der Waals surface area contributed by atoms with Crippen molar-refractivity contribution in [2.45, 2.75) is 86.5 Å². The van der Waals surface area contributed by atoms with Crippen LogP contribution in [0, 0.1) is 33.0 Å². The molecule has 0 heterocycles. The fourth-order valence-electron chi connectivity index (χ4n) is 8.80. The Morgan fingerprint density at radius 1 is 1.00 bits per heavy atom. The maximum Gasteiger partial charge on any atom is 0.249 e. The predicted octanol–water partition coefficient (Wildman–Crippen LogP) is 6.12. The molecule has 0 aromatic heterocycles. The van der Waals surface area contributed by atoms with Gasteiger partial charge in [0.25, 0.3) is 0 Å². The average Bonchev–Trinajstić information content (AvgIpc) is 2.80. The van der Waals surface area contributed by atoms with Crippen molar-refractivity contribution in [3.05, 3.63) is 46.3 Å². The fraction of sp³-hybridized carbons (Fsp3) is 0.655. The van der Waals surface area contributed by atoms with Crippen molar-refractivity contribution in [1.29, 1.82) is 0 Å². The van der Waals surface area contributed by atoms with Gasteiger partial charge in [-0.3, -0.25) is 14.8 Å². The minimum Gasteiger partial charge on any atom is -0.504 e. The number of aliphatic hydroxyl groups is 1. The number of ketones is 1. The molecule has 6 atom stereocenters. The number of carbonyl (C=O) groups excluding carboxylic acids is 2. The molecule has 0 bridgehead atoms. The monoisotopic (exact) mass is 465 g/mol. The number of carbonyl (C=O) groups is 2. The summed E-state index contributed by atoms with van der Waals surface area (Å²) < 4.78 is 0. The van der Waals surface area contributed by atoms with Crippen molar-refractivity contribution >= 4 is 11.7 Å². The normalized spacial score (nSPS) is 45.7. The molecule has 5 heteroatoms. The molecule has 0 aliphatic heterocycles. The van der Waals surface area contributed by atoms with Crippen molar-refractivity contribution in [1.82, 2.24) is 5.48 Å². The molecule has 34 heavy (non-hydrogen) atoms. The van der Waals surface area contributed by atoms with Crippen molar-refractivity contribution in [2.24, 2.45) is 33.0 Å². The van der Waals surface area contributed by atoms with E-state index in [1.54, 1.807) is 6.08 Å². The summed E-state index contributed by atoms with van der Waals surface area (Å²) in [6, 6.07) is 0. The molecule has 0 aromatic carbocycles. The average molecular weight is 466 g/mol. The summed E-state index contributed by atoms with van der Waals surface area (Å²) in [6.45, 7) is 13.4. The molecule has 5 nitrogen and oxygen atoms in total. The van der Waals surface area contributed by atoms with Crippen LogP contribution in [0.25, 0.3) is 0 Å². The van der Waals surface area contributed by atoms with E-state index in [2.05, 4.69) is 39.8 Å². The Bertz CT molecular complexity index is 1130. The van der Waals surface area contributed by atoms with Crippen molar-refractivity contribution in [3.8, 4) is 0 Å². The van der Waals surface area contributed by atoms with Crippen LogP contribution in [0.4, 0.5) is 0 Å². The first kappa shape index (κ1) is 23.6. The number of rotatable bonds is 1. The largest absolute Gasteiger partial charge is 0.504 e. The van der Waals surface area contributed by atoms with Crippen LogP contribution >= 0.6 is 0 Å². The van der Waals surface area contributed by atoms with Gasteiger partial charge < -0.3 is 5.11 Å². The van der Waals surface area contributed by atoms with E-state index in [1.807, 2.05) is 19.3 Å². The third kappa shape index (κ3) is 2.71. The molecule has 5 aliphatic rings. The first-order chi connectivity index (χ1) is 15.8. The van der Waals surface area contributed by atoms with Gasteiger partial charge in [-0.25, -0.2) is 5.48 Å². The Morgan fingerprint density at radius 2 is 1.68 bits per heavy atom. The van der Waals surface area contributed by atoms with E-state index < -0.39 is 5.41 Å². The van der Waals surface area contributed by atoms with E-state index >= 15 is 0 Å². The molecule has 0 aromatic rings. The van der Waals surface area contributed by atoms with Gasteiger partial charge in [0.2, 0.25) is 11.7 Å². The number of aliphatic hydroxyl groups excluding tert-OH is 1. The lowest BCUT2D eigenvalue weighted by atomic mass is 9.34. The molecular formula is C29H39NO4. The topological polar surface area (TPSA) is 86.6 Å². The number of hydrogen-bond acceptors (Lipinski definition) is 4. The molecular weight excluding hydrogens is 426 g/mol. The minimum absolute atomic E-state index is 0.000358. The number of hydroxylamine groups is 1. The van der Waals surface area contributed by atoms with Crippen LogP contribution in [-0.4, -0.2) is 22.0 Å². The Hall–Kier alpha value is -2.14. The van der Waals surface area contributed by atoms with Gasteiger partial charge in [0.15, 0.2) is 5.76 Å². The molecule has 3 N–H and O–H groups in total. The summed E-state index contributed by atoms with van der Waals surface area (Å²) in [4.78, 5) is 25.3. The van der Waals surface area contributed by atoms with E-state index in [9.17, 15) is 19.9 Å². The second-order valence-corrected chi connectivity index (χ2v) is 13.1. The van der Waals surface area contributed by atoms with Crippen molar-refractivity contribution in [2.75, 3.05) is 0 Å². The SMILES string of the molecule is CC1=C(O)C(=O)C=C2C1=CC=C1[C@@]2(C)CC[C@@]2(C)[C@@H]3C[C@](C)(C(=O)NO)CC[C@]3(C)CC[C@]12C. The van der Waals surface area contributed by atoms with Gasteiger partial charge >= 0.3 is 0 Å². The highest BCUT2D eigenvalue weighted by Crippen LogP contribution is 2.75. The van der Waals surface area contributed by atoms with Crippen molar-refractivity contribution < 1.29 is 19.9 Å². The quantitative estimate of drug-likeness (QED) is 0.322. The van der Waals surface area contributed by atoms with Crippen LogP contribution in [-0.2, 0) is 9.59 Å². The summed E-state index contributed by atoms with van der Waals surface area (Å²) in [5.74, 6) is -0.332. The molecule has 0 unspecified atom stereocenters. The lowest BCUT2D eigenvalue weighted by Gasteiger charge is -2.70. The van der Waals surface area contributed by atoms with E-state index in [1.165, 1.54) is 5.57 Å². The van der Waals surface area contributed by atoms with E-state index in [-0.39, 0.29) is 39.1 Å². The third-order valence-corrected chi connectivity index (χ3v) is 11.5. The van der Waals surface area contributed by atoms with Gasteiger partial charge in [0.05, 0.1) is 0 Å². The molecule has 5 rings (SSSR count). The van der Waals surface area contributed by atoms with Gasteiger partial charge in [-0.15, -0.1) is 0 Å². The fourth-order valence-corrected chi connectivity index (χ4v) is 8.80. The minimum atomic E-state index is -0.563. The lowest BCUT2D eigenvalue weighted by molar-refractivity contribution is -0.173.